The number of alkyl halides is 3. The van der Waals surface area contributed by atoms with Gasteiger partial charge in [-0.1, -0.05) is 6.42 Å². The maximum Gasteiger partial charge on any atom is 0.406 e. The Bertz CT molecular complexity index is 194. The molecule has 0 aromatic rings. The summed E-state index contributed by atoms with van der Waals surface area (Å²) in [5, 5.41) is 0. The van der Waals surface area contributed by atoms with E-state index < -0.39 is 18.6 Å². The van der Waals surface area contributed by atoms with Crippen LogP contribution in [0.2, 0.25) is 0 Å². The molecule has 15 heavy (non-hydrogen) atoms. The molecule has 0 radical (unpaired) electrons. The van der Waals surface area contributed by atoms with Crippen LogP contribution in [0.25, 0.3) is 0 Å². The Morgan fingerprint density at radius 1 is 1.27 bits per heavy atom. The molecule has 0 atom stereocenters. The lowest BCUT2D eigenvalue weighted by molar-refractivity contribution is -0.158. The third-order valence-electron chi connectivity index (χ3n) is 1.94. The number of nitrogens with two attached hydrogens (primary N) is 1. The third-order valence-corrected chi connectivity index (χ3v) is 1.94. The average Bonchev–Trinajstić information content (AvgIpc) is 2.09. The largest absolute Gasteiger partial charge is 0.406 e. The van der Waals surface area contributed by atoms with Crippen molar-refractivity contribution in [3.8, 4) is 0 Å². The molecule has 0 fully saturated rings. The summed E-state index contributed by atoms with van der Waals surface area (Å²) >= 11 is 0. The normalized spacial score (nSPS) is 11.5. The van der Waals surface area contributed by atoms with Gasteiger partial charge in [0.1, 0.15) is 6.54 Å². The molecular weight excluding hydrogens is 209 g/mol. The van der Waals surface area contributed by atoms with Gasteiger partial charge in [-0.05, 0) is 19.4 Å². The highest BCUT2D eigenvalue weighted by molar-refractivity contribution is 5.75. The Kier molecular flexibility index (Phi) is 6.31. The molecule has 0 saturated heterocycles. The van der Waals surface area contributed by atoms with Gasteiger partial charge in [0.15, 0.2) is 0 Å². The van der Waals surface area contributed by atoms with Crippen molar-refractivity contribution in [2.24, 2.45) is 5.73 Å². The van der Waals surface area contributed by atoms with Gasteiger partial charge in [0.2, 0.25) is 5.91 Å². The highest BCUT2D eigenvalue weighted by Crippen LogP contribution is 2.16. The minimum Gasteiger partial charge on any atom is -0.337 e. The maximum absolute atomic E-state index is 11.9. The molecule has 1 amide bonds. The van der Waals surface area contributed by atoms with Crippen molar-refractivity contribution in [3.05, 3.63) is 0 Å². The Morgan fingerprint density at radius 2 is 1.87 bits per heavy atom. The quantitative estimate of drug-likeness (QED) is 0.698. The van der Waals surface area contributed by atoms with E-state index in [2.05, 4.69) is 0 Å². The van der Waals surface area contributed by atoms with E-state index in [9.17, 15) is 18.0 Å². The first kappa shape index (κ1) is 14.2. The van der Waals surface area contributed by atoms with Crippen LogP contribution in [0.3, 0.4) is 0 Å². The molecule has 0 aromatic carbocycles. The van der Waals surface area contributed by atoms with Gasteiger partial charge in [-0.2, -0.15) is 13.2 Å². The van der Waals surface area contributed by atoms with Crippen LogP contribution in [-0.2, 0) is 4.79 Å². The van der Waals surface area contributed by atoms with Crippen LogP contribution < -0.4 is 5.73 Å². The number of unbranched alkanes of at least 4 members (excludes halogenated alkanes) is 2. The number of carbonyl (C=O) groups excluding carboxylic acids is 1. The zero-order valence-corrected chi connectivity index (χ0v) is 8.81. The molecule has 0 saturated carbocycles. The van der Waals surface area contributed by atoms with Gasteiger partial charge in [-0.25, -0.2) is 0 Å². The van der Waals surface area contributed by atoms with Crippen molar-refractivity contribution in [3.63, 3.8) is 0 Å². The van der Waals surface area contributed by atoms with Crippen molar-refractivity contribution in [2.45, 2.75) is 31.9 Å². The molecule has 0 aromatic heterocycles. The number of hydrogen-bond donors (Lipinski definition) is 1. The number of hydrogen-bond acceptors (Lipinski definition) is 2. The van der Waals surface area contributed by atoms with E-state index in [0.717, 1.165) is 12.8 Å². The Balaban J connectivity index is 3.70. The summed E-state index contributed by atoms with van der Waals surface area (Å²) in [5.41, 5.74) is 5.24. The Morgan fingerprint density at radius 3 is 2.33 bits per heavy atom. The van der Waals surface area contributed by atoms with Crippen LogP contribution in [0, 0.1) is 0 Å². The molecule has 0 rings (SSSR count). The number of nitrogens with zero attached hydrogens (tertiary/aromatic N) is 1. The first-order chi connectivity index (χ1) is 6.87. The maximum atomic E-state index is 11.9. The summed E-state index contributed by atoms with van der Waals surface area (Å²) in [6, 6.07) is 0. The molecule has 3 nitrogen and oxygen atoms in total. The summed E-state index contributed by atoms with van der Waals surface area (Å²) in [5.74, 6) is -0.468. The highest BCUT2D eigenvalue weighted by Gasteiger charge is 2.30. The van der Waals surface area contributed by atoms with Crippen LogP contribution in [0.15, 0.2) is 0 Å². The lowest BCUT2D eigenvalue weighted by atomic mass is 10.2. The fourth-order valence-corrected chi connectivity index (χ4v) is 1.15. The minimum absolute atomic E-state index is 0.159. The van der Waals surface area contributed by atoms with E-state index in [4.69, 9.17) is 5.73 Å². The van der Waals surface area contributed by atoms with E-state index in [1.54, 1.807) is 0 Å². The zero-order valence-electron chi connectivity index (χ0n) is 8.81. The van der Waals surface area contributed by atoms with Crippen molar-refractivity contribution in [1.82, 2.24) is 4.90 Å². The van der Waals surface area contributed by atoms with Gasteiger partial charge in [0.25, 0.3) is 0 Å². The van der Waals surface area contributed by atoms with Crippen molar-refractivity contribution < 1.29 is 18.0 Å². The second kappa shape index (κ2) is 6.66. The number of rotatable bonds is 6. The molecule has 0 bridgehead atoms. The topological polar surface area (TPSA) is 46.3 Å². The number of halogens is 3. The second-order valence-electron chi connectivity index (χ2n) is 3.46. The molecule has 0 unspecified atom stereocenters. The van der Waals surface area contributed by atoms with Crippen LogP contribution >= 0.6 is 0 Å². The molecule has 0 spiro atoms. The fraction of sp³-hybridized carbons (Fsp3) is 0.889. The molecule has 0 heterocycles. The number of carbonyl (C=O) groups is 1. The molecule has 90 valence electrons. The van der Waals surface area contributed by atoms with Gasteiger partial charge in [-0.15, -0.1) is 0 Å². The van der Waals surface area contributed by atoms with Crippen LogP contribution in [-0.4, -0.2) is 37.1 Å². The summed E-state index contributed by atoms with van der Waals surface area (Å²) in [6.07, 6.45) is -1.98. The third kappa shape index (κ3) is 8.23. The van der Waals surface area contributed by atoms with E-state index >= 15 is 0 Å². The molecule has 0 aliphatic heterocycles. The molecule has 0 aliphatic carbocycles. The second-order valence-corrected chi connectivity index (χ2v) is 3.46. The van der Waals surface area contributed by atoms with Gasteiger partial charge in [-0.3, -0.25) is 4.79 Å². The molecule has 0 aliphatic rings. The van der Waals surface area contributed by atoms with E-state index in [1.807, 2.05) is 0 Å². The standard InChI is InChI=1S/C9H17F3N2O/c1-14(7-9(10,11)12)8(15)5-3-2-4-6-13/h2-7,13H2,1H3. The van der Waals surface area contributed by atoms with E-state index in [0.29, 0.717) is 17.9 Å². The van der Waals surface area contributed by atoms with Gasteiger partial charge in [0, 0.05) is 13.5 Å². The monoisotopic (exact) mass is 226 g/mol. The molecule has 2 N–H and O–H groups in total. The highest BCUT2D eigenvalue weighted by atomic mass is 19.4. The Hall–Kier alpha value is -0.780. The van der Waals surface area contributed by atoms with E-state index in [1.165, 1.54) is 7.05 Å². The smallest absolute Gasteiger partial charge is 0.337 e. The van der Waals surface area contributed by atoms with Crippen molar-refractivity contribution in [2.75, 3.05) is 20.1 Å². The SMILES string of the molecule is CN(CC(F)(F)F)C(=O)CCCCCN. The predicted molar refractivity (Wildman–Crippen MR) is 51.2 cm³/mol. The first-order valence-corrected chi connectivity index (χ1v) is 4.87. The van der Waals surface area contributed by atoms with Crippen LogP contribution in [0.5, 0.6) is 0 Å². The van der Waals surface area contributed by atoms with Gasteiger partial charge in [0.05, 0.1) is 0 Å². The Labute approximate surface area is 87.4 Å². The van der Waals surface area contributed by atoms with Crippen LogP contribution in [0.4, 0.5) is 13.2 Å². The average molecular weight is 226 g/mol. The lowest BCUT2D eigenvalue weighted by Gasteiger charge is -2.18. The van der Waals surface area contributed by atoms with Crippen LogP contribution in [0.1, 0.15) is 25.7 Å². The predicted octanol–water partition coefficient (Wildman–Crippen LogP) is 1.53. The first-order valence-electron chi connectivity index (χ1n) is 4.87. The van der Waals surface area contributed by atoms with E-state index in [-0.39, 0.29) is 6.42 Å². The molecular formula is C9H17F3N2O. The summed E-state index contributed by atoms with van der Waals surface area (Å²) in [4.78, 5) is 11.9. The number of amides is 1. The minimum atomic E-state index is -4.32. The molecule has 6 heteroatoms. The summed E-state index contributed by atoms with van der Waals surface area (Å²) in [6.45, 7) is -0.630. The summed E-state index contributed by atoms with van der Waals surface area (Å²) in [7, 11) is 1.17. The lowest BCUT2D eigenvalue weighted by Crippen LogP contribution is -2.35. The van der Waals surface area contributed by atoms with Crippen molar-refractivity contribution in [1.29, 1.82) is 0 Å². The van der Waals surface area contributed by atoms with Crippen molar-refractivity contribution >= 4 is 5.91 Å². The fourth-order valence-electron chi connectivity index (χ4n) is 1.15. The van der Waals surface area contributed by atoms with Gasteiger partial charge >= 0.3 is 6.18 Å². The van der Waals surface area contributed by atoms with Gasteiger partial charge < -0.3 is 10.6 Å². The summed E-state index contributed by atoms with van der Waals surface area (Å²) < 4.78 is 35.7. The zero-order chi connectivity index (χ0) is 11.9.